The summed E-state index contributed by atoms with van der Waals surface area (Å²) in [6, 6.07) is 9.75. The molecule has 0 spiro atoms. The molecule has 0 aliphatic heterocycles. The van der Waals surface area contributed by atoms with Crippen molar-refractivity contribution in [1.82, 2.24) is 0 Å². The van der Waals surface area contributed by atoms with Crippen molar-refractivity contribution in [1.29, 1.82) is 0 Å². The Morgan fingerprint density at radius 1 is 1.21 bits per heavy atom. The van der Waals surface area contributed by atoms with E-state index in [1.54, 1.807) is 24.3 Å². The molecule has 4 nitrogen and oxygen atoms in total. The van der Waals surface area contributed by atoms with E-state index < -0.39 is 4.92 Å². The Labute approximate surface area is 115 Å². The second-order valence-corrected chi connectivity index (χ2v) is 5.24. The molecule has 0 aliphatic carbocycles. The van der Waals surface area contributed by atoms with Gasteiger partial charge in [-0.15, -0.1) is 11.3 Å². The molecule has 0 radical (unpaired) electrons. The molecule has 2 rings (SSSR count). The molecule has 0 amide bonds. The SMILES string of the molecule is Bc1ccc(C(=O)/C=C/c2ccc([N+](=O)[O-])cc2)s1. The number of thiophene rings is 1. The highest BCUT2D eigenvalue weighted by Crippen LogP contribution is 2.14. The molecule has 0 atom stereocenters. The van der Waals surface area contributed by atoms with Crippen molar-refractivity contribution in [2.24, 2.45) is 0 Å². The van der Waals surface area contributed by atoms with Gasteiger partial charge in [0.15, 0.2) is 13.6 Å². The maximum Gasteiger partial charge on any atom is 0.269 e. The van der Waals surface area contributed by atoms with E-state index in [9.17, 15) is 14.9 Å². The van der Waals surface area contributed by atoms with E-state index in [1.165, 1.54) is 29.5 Å². The van der Waals surface area contributed by atoms with E-state index in [-0.39, 0.29) is 11.5 Å². The molecular formula is C13H10BNO3S. The second kappa shape index (κ2) is 5.62. The summed E-state index contributed by atoms with van der Waals surface area (Å²) in [6.07, 6.45) is 3.13. The van der Waals surface area contributed by atoms with E-state index in [4.69, 9.17) is 0 Å². The van der Waals surface area contributed by atoms with Crippen LogP contribution in [-0.2, 0) is 0 Å². The number of hydrogen-bond donors (Lipinski definition) is 0. The summed E-state index contributed by atoms with van der Waals surface area (Å²) in [5, 5.41) is 10.5. The normalized spacial score (nSPS) is 10.7. The summed E-state index contributed by atoms with van der Waals surface area (Å²) in [5.41, 5.74) is 0.796. The Balaban J connectivity index is 2.10. The van der Waals surface area contributed by atoms with Crippen molar-refractivity contribution < 1.29 is 9.72 Å². The molecule has 94 valence electrons. The maximum absolute atomic E-state index is 11.8. The predicted molar refractivity (Wildman–Crippen MR) is 79.0 cm³/mol. The van der Waals surface area contributed by atoms with E-state index in [1.807, 2.05) is 13.9 Å². The number of non-ortho nitro benzene ring substituents is 1. The minimum atomic E-state index is -0.451. The second-order valence-electron chi connectivity index (χ2n) is 3.96. The third-order valence-electron chi connectivity index (χ3n) is 2.51. The molecule has 0 aliphatic rings. The number of nitro benzene ring substituents is 1. The molecule has 1 aromatic carbocycles. The van der Waals surface area contributed by atoms with Crippen molar-refractivity contribution >= 4 is 41.5 Å². The van der Waals surface area contributed by atoms with Crippen LogP contribution < -0.4 is 4.78 Å². The zero-order valence-electron chi connectivity index (χ0n) is 10.2. The molecule has 0 saturated heterocycles. The molecule has 1 aromatic heterocycles. The monoisotopic (exact) mass is 271 g/mol. The average Bonchev–Trinajstić information content (AvgIpc) is 2.83. The number of carbonyl (C=O) groups is 1. The van der Waals surface area contributed by atoms with Crippen molar-refractivity contribution in [2.75, 3.05) is 0 Å². The molecular weight excluding hydrogens is 261 g/mol. The fourth-order valence-corrected chi connectivity index (χ4v) is 2.32. The highest BCUT2D eigenvalue weighted by molar-refractivity contribution is 7.21. The minimum Gasteiger partial charge on any atom is -0.288 e. The molecule has 0 bridgehead atoms. The smallest absolute Gasteiger partial charge is 0.269 e. The van der Waals surface area contributed by atoms with Gasteiger partial charge < -0.3 is 0 Å². The topological polar surface area (TPSA) is 60.2 Å². The van der Waals surface area contributed by atoms with Gasteiger partial charge in [0, 0.05) is 12.1 Å². The van der Waals surface area contributed by atoms with E-state index in [0.717, 1.165) is 10.3 Å². The molecule has 2 aromatic rings. The Kier molecular flexibility index (Phi) is 3.92. The first-order valence-electron chi connectivity index (χ1n) is 5.59. The van der Waals surface area contributed by atoms with Gasteiger partial charge >= 0.3 is 0 Å². The number of ketones is 1. The summed E-state index contributed by atoms with van der Waals surface area (Å²) >= 11 is 1.45. The standard InChI is InChI=1S/C13H10BNO3S/c14-13-8-7-12(19-13)11(16)6-3-9-1-4-10(5-2-9)15(17)18/h1-8H,14H2/b6-3+. The maximum atomic E-state index is 11.8. The lowest BCUT2D eigenvalue weighted by Crippen LogP contribution is -1.92. The fraction of sp³-hybridized carbons (Fsp3) is 0. The van der Waals surface area contributed by atoms with Crippen LogP contribution in [0.4, 0.5) is 5.69 Å². The van der Waals surface area contributed by atoms with Crippen molar-refractivity contribution in [3.8, 4) is 0 Å². The first-order chi connectivity index (χ1) is 9.06. The summed E-state index contributed by atoms with van der Waals surface area (Å²) in [7, 11) is 1.95. The highest BCUT2D eigenvalue weighted by Gasteiger charge is 2.05. The van der Waals surface area contributed by atoms with Crippen LogP contribution in [0.3, 0.4) is 0 Å². The Morgan fingerprint density at radius 2 is 1.89 bits per heavy atom. The summed E-state index contributed by atoms with van der Waals surface area (Å²) in [5.74, 6) is -0.0588. The van der Waals surface area contributed by atoms with Crippen molar-refractivity contribution in [2.45, 2.75) is 0 Å². The zero-order chi connectivity index (χ0) is 13.8. The van der Waals surface area contributed by atoms with Crippen molar-refractivity contribution in [3.05, 3.63) is 63.0 Å². The zero-order valence-corrected chi connectivity index (χ0v) is 11.0. The van der Waals surface area contributed by atoms with Gasteiger partial charge in [0.2, 0.25) is 0 Å². The Morgan fingerprint density at radius 3 is 2.42 bits per heavy atom. The highest BCUT2D eigenvalue weighted by atomic mass is 32.1. The van der Waals surface area contributed by atoms with Crippen LogP contribution in [0, 0.1) is 10.1 Å². The van der Waals surface area contributed by atoms with Crippen LogP contribution in [0.5, 0.6) is 0 Å². The van der Waals surface area contributed by atoms with E-state index in [2.05, 4.69) is 0 Å². The number of carbonyl (C=O) groups excluding carboxylic acids is 1. The first-order valence-corrected chi connectivity index (χ1v) is 6.41. The van der Waals surface area contributed by atoms with Gasteiger partial charge in [-0.1, -0.05) is 12.1 Å². The molecule has 0 saturated carbocycles. The van der Waals surface area contributed by atoms with Gasteiger partial charge in [-0.05, 0) is 34.6 Å². The third kappa shape index (κ3) is 3.39. The summed E-state index contributed by atoms with van der Waals surface area (Å²) in [6.45, 7) is 0. The van der Waals surface area contributed by atoms with Crippen LogP contribution in [0.1, 0.15) is 15.2 Å². The lowest BCUT2D eigenvalue weighted by atomic mass is 10.1. The predicted octanol–water partition coefficient (Wildman–Crippen LogP) is 1.81. The van der Waals surface area contributed by atoms with Crippen molar-refractivity contribution in [3.63, 3.8) is 0 Å². The van der Waals surface area contributed by atoms with Crippen LogP contribution in [-0.4, -0.2) is 18.6 Å². The quantitative estimate of drug-likeness (QED) is 0.280. The van der Waals surface area contributed by atoms with Crippen LogP contribution >= 0.6 is 11.3 Å². The molecule has 1 heterocycles. The summed E-state index contributed by atoms with van der Waals surface area (Å²) < 4.78 is 1.09. The number of nitrogens with zero attached hydrogens (tertiary/aromatic N) is 1. The van der Waals surface area contributed by atoms with Crippen LogP contribution in [0.2, 0.25) is 0 Å². The number of rotatable bonds is 4. The number of benzene rings is 1. The van der Waals surface area contributed by atoms with Crippen LogP contribution in [0.15, 0.2) is 42.5 Å². The molecule has 0 unspecified atom stereocenters. The molecule has 19 heavy (non-hydrogen) atoms. The van der Waals surface area contributed by atoms with E-state index in [0.29, 0.717) is 4.88 Å². The van der Waals surface area contributed by atoms with Gasteiger partial charge in [0.05, 0.1) is 9.80 Å². The number of allylic oxidation sites excluding steroid dienone is 1. The van der Waals surface area contributed by atoms with Gasteiger partial charge in [-0.3, -0.25) is 14.9 Å². The lowest BCUT2D eigenvalue weighted by Gasteiger charge is -1.93. The van der Waals surface area contributed by atoms with Gasteiger partial charge in [-0.25, -0.2) is 0 Å². The van der Waals surface area contributed by atoms with Crippen LogP contribution in [0.25, 0.3) is 6.08 Å². The minimum absolute atomic E-state index is 0.0392. The lowest BCUT2D eigenvalue weighted by molar-refractivity contribution is -0.384. The summed E-state index contributed by atoms with van der Waals surface area (Å²) in [4.78, 5) is 22.6. The number of hydrogen-bond acceptors (Lipinski definition) is 4. The molecule has 0 fully saturated rings. The Hall–Kier alpha value is -2.21. The largest absolute Gasteiger partial charge is 0.288 e. The van der Waals surface area contributed by atoms with Gasteiger partial charge in [0.25, 0.3) is 5.69 Å². The average molecular weight is 271 g/mol. The Bertz CT molecular complexity index is 646. The molecule has 6 heteroatoms. The number of nitro groups is 1. The third-order valence-corrected chi connectivity index (χ3v) is 3.53. The van der Waals surface area contributed by atoms with Gasteiger partial charge in [-0.2, -0.15) is 0 Å². The fourth-order valence-electron chi connectivity index (χ4n) is 1.53. The van der Waals surface area contributed by atoms with E-state index >= 15 is 0 Å². The first kappa shape index (κ1) is 13.2. The molecule has 0 N–H and O–H groups in total. The van der Waals surface area contributed by atoms with Gasteiger partial charge in [0.1, 0.15) is 0 Å².